The average Bonchev–Trinajstić information content (AvgIpc) is 3.08. The van der Waals surface area contributed by atoms with Crippen LogP contribution in [-0.4, -0.2) is 24.8 Å². The maximum Gasteiger partial charge on any atom is 0.338 e. The predicted molar refractivity (Wildman–Crippen MR) is 115 cm³/mol. The minimum atomic E-state index is -0.970. The van der Waals surface area contributed by atoms with Gasteiger partial charge in [-0.25, -0.2) is 14.2 Å². The lowest BCUT2D eigenvalue weighted by molar-refractivity contribution is -0.136. The molecule has 4 rings (SSSR count). The minimum Gasteiger partial charge on any atom is -0.497 e. The number of aromatic nitrogens is 1. The number of thiazole rings is 1. The fraction of sp³-hybridized carbons (Fsp3) is 0.174. The Morgan fingerprint density at radius 2 is 1.87 bits per heavy atom. The Labute approximate surface area is 181 Å². The van der Waals surface area contributed by atoms with E-state index < -0.39 is 17.8 Å². The van der Waals surface area contributed by atoms with E-state index in [1.807, 2.05) is 12.1 Å². The molecule has 0 aliphatic carbocycles. The molecule has 1 atom stereocenters. The number of ether oxygens (including phenoxy) is 2. The van der Waals surface area contributed by atoms with Gasteiger partial charge in [-0.15, -0.1) is 0 Å². The van der Waals surface area contributed by atoms with Gasteiger partial charge in [0.2, 0.25) is 0 Å². The van der Waals surface area contributed by atoms with E-state index in [1.165, 1.54) is 29.1 Å². The first-order valence-electron chi connectivity index (χ1n) is 9.44. The molecule has 0 amide bonds. The number of carbonyl (C=O) groups excluding carboxylic acids is 1. The molecule has 0 saturated carbocycles. The first kappa shape index (κ1) is 20.7. The highest BCUT2D eigenvalue weighted by molar-refractivity contribution is 7.07. The second-order valence-electron chi connectivity index (χ2n) is 6.87. The topological polar surface area (TPSA) is 69.9 Å². The van der Waals surface area contributed by atoms with Gasteiger partial charge in [0.05, 0.1) is 30.0 Å². The molecule has 1 unspecified atom stereocenters. The van der Waals surface area contributed by atoms with Gasteiger partial charge in [0.25, 0.3) is 5.56 Å². The van der Waals surface area contributed by atoms with Crippen molar-refractivity contribution >= 4 is 23.4 Å². The normalized spacial score (nSPS) is 16.0. The van der Waals surface area contributed by atoms with Gasteiger partial charge in [-0.2, -0.15) is 0 Å². The van der Waals surface area contributed by atoms with E-state index in [0.717, 1.165) is 5.56 Å². The third-order valence-electron chi connectivity index (χ3n) is 5.04. The maximum atomic E-state index is 14.8. The van der Waals surface area contributed by atoms with Crippen LogP contribution in [0.15, 0.2) is 69.6 Å². The molecule has 0 spiro atoms. The number of methoxy groups -OCH3 is 2. The molecule has 0 saturated heterocycles. The van der Waals surface area contributed by atoms with Crippen LogP contribution >= 0.6 is 11.3 Å². The molecular formula is C23H19FN2O4S. The van der Waals surface area contributed by atoms with E-state index in [1.54, 1.807) is 50.4 Å². The van der Waals surface area contributed by atoms with E-state index in [0.29, 0.717) is 20.8 Å². The van der Waals surface area contributed by atoms with Gasteiger partial charge in [-0.1, -0.05) is 41.7 Å². The van der Waals surface area contributed by atoms with Crippen molar-refractivity contribution in [3.05, 3.63) is 96.4 Å². The second-order valence-corrected chi connectivity index (χ2v) is 7.88. The Hall–Kier alpha value is -3.52. The Morgan fingerprint density at radius 3 is 2.52 bits per heavy atom. The van der Waals surface area contributed by atoms with Crippen molar-refractivity contribution in [2.24, 2.45) is 4.99 Å². The fourth-order valence-electron chi connectivity index (χ4n) is 3.54. The summed E-state index contributed by atoms with van der Waals surface area (Å²) in [5, 5.41) is 0. The number of allylic oxidation sites excluding steroid dienone is 1. The Balaban J connectivity index is 1.96. The highest BCUT2D eigenvalue weighted by atomic mass is 32.1. The van der Waals surface area contributed by atoms with E-state index in [2.05, 4.69) is 4.99 Å². The molecule has 1 aromatic heterocycles. The van der Waals surface area contributed by atoms with E-state index >= 15 is 0 Å². The van der Waals surface area contributed by atoms with Gasteiger partial charge >= 0.3 is 5.97 Å². The third-order valence-corrected chi connectivity index (χ3v) is 6.02. The average molecular weight is 438 g/mol. The molecule has 3 aromatic rings. The van der Waals surface area contributed by atoms with Gasteiger partial charge in [0.15, 0.2) is 4.80 Å². The number of benzene rings is 2. The zero-order valence-electron chi connectivity index (χ0n) is 17.1. The summed E-state index contributed by atoms with van der Waals surface area (Å²) < 4.78 is 26.6. The highest BCUT2D eigenvalue weighted by Gasteiger charge is 2.34. The van der Waals surface area contributed by atoms with Crippen molar-refractivity contribution in [3.8, 4) is 5.75 Å². The third kappa shape index (κ3) is 3.70. The summed E-state index contributed by atoms with van der Waals surface area (Å²) in [5.74, 6) is -0.469. The molecule has 0 bridgehead atoms. The van der Waals surface area contributed by atoms with Crippen molar-refractivity contribution in [3.63, 3.8) is 0 Å². The first-order valence-corrected chi connectivity index (χ1v) is 10.3. The summed E-state index contributed by atoms with van der Waals surface area (Å²) in [4.78, 5) is 30.8. The number of fused-ring (bicyclic) bond motifs is 1. The lowest BCUT2D eigenvalue weighted by atomic mass is 9.95. The maximum absolute atomic E-state index is 14.8. The van der Waals surface area contributed by atoms with Crippen molar-refractivity contribution < 1.29 is 18.7 Å². The van der Waals surface area contributed by atoms with Crippen LogP contribution in [0.3, 0.4) is 0 Å². The smallest absolute Gasteiger partial charge is 0.338 e. The molecule has 0 fully saturated rings. The van der Waals surface area contributed by atoms with E-state index in [-0.39, 0.29) is 16.7 Å². The van der Waals surface area contributed by atoms with Crippen molar-refractivity contribution in [2.45, 2.75) is 13.0 Å². The summed E-state index contributed by atoms with van der Waals surface area (Å²) in [6, 6.07) is 12.4. The second kappa shape index (κ2) is 8.31. The lowest BCUT2D eigenvalue weighted by Crippen LogP contribution is -2.40. The highest BCUT2D eigenvalue weighted by Crippen LogP contribution is 2.31. The summed E-state index contributed by atoms with van der Waals surface area (Å²) in [7, 11) is 2.83. The Kier molecular flexibility index (Phi) is 5.56. The summed E-state index contributed by atoms with van der Waals surface area (Å²) >= 11 is 1.18. The number of hydrogen-bond acceptors (Lipinski definition) is 6. The van der Waals surface area contributed by atoms with Crippen LogP contribution in [0.5, 0.6) is 5.75 Å². The lowest BCUT2D eigenvalue weighted by Gasteiger charge is -2.24. The van der Waals surface area contributed by atoms with Crippen molar-refractivity contribution in [2.75, 3.05) is 14.2 Å². The van der Waals surface area contributed by atoms with Crippen molar-refractivity contribution in [1.29, 1.82) is 0 Å². The number of carbonyl (C=O) groups is 1. The standard InChI is InChI=1S/C23H19FN2O4S/c1-13-19(22(28)30-3)20(16-6-4-5-7-17(16)24)26-21(27)18(31-23(26)25-13)12-14-8-10-15(29-2)11-9-14/h4-12,20H,1-3H3/b18-12-. The molecule has 1 aliphatic heterocycles. The van der Waals surface area contributed by atoms with Gasteiger partial charge in [0, 0.05) is 5.56 Å². The van der Waals surface area contributed by atoms with Crippen LogP contribution in [-0.2, 0) is 9.53 Å². The molecule has 0 radical (unpaired) electrons. The monoisotopic (exact) mass is 438 g/mol. The molecule has 0 N–H and O–H groups in total. The van der Waals surface area contributed by atoms with Crippen LogP contribution < -0.4 is 19.6 Å². The van der Waals surface area contributed by atoms with Gasteiger partial charge in [0.1, 0.15) is 17.6 Å². The van der Waals surface area contributed by atoms with Gasteiger partial charge < -0.3 is 9.47 Å². The fourth-order valence-corrected chi connectivity index (χ4v) is 4.58. The molecule has 31 heavy (non-hydrogen) atoms. The van der Waals surface area contributed by atoms with Gasteiger partial charge in [-0.3, -0.25) is 9.36 Å². The molecule has 6 nitrogen and oxygen atoms in total. The zero-order valence-corrected chi connectivity index (χ0v) is 17.9. The van der Waals surface area contributed by atoms with E-state index in [4.69, 9.17) is 9.47 Å². The molecular weight excluding hydrogens is 419 g/mol. The number of hydrogen-bond donors (Lipinski definition) is 0. The SMILES string of the molecule is COC(=O)C1=C(C)N=c2s/c(=C\c3ccc(OC)cc3)c(=O)n2C1c1ccccc1F. The number of halogens is 1. The van der Waals surface area contributed by atoms with Crippen LogP contribution in [0, 0.1) is 5.82 Å². The Morgan fingerprint density at radius 1 is 1.16 bits per heavy atom. The summed E-state index contributed by atoms with van der Waals surface area (Å²) in [5.41, 5.74) is 1.17. The quantitative estimate of drug-likeness (QED) is 0.587. The summed E-state index contributed by atoms with van der Waals surface area (Å²) in [6.07, 6.45) is 1.73. The van der Waals surface area contributed by atoms with Crippen LogP contribution in [0.2, 0.25) is 0 Å². The minimum absolute atomic E-state index is 0.135. The molecule has 1 aliphatic rings. The Bertz CT molecular complexity index is 1370. The molecule has 2 heterocycles. The first-order chi connectivity index (χ1) is 14.9. The molecule has 158 valence electrons. The number of nitrogens with zero attached hydrogens (tertiary/aromatic N) is 2. The van der Waals surface area contributed by atoms with Crippen LogP contribution in [0.25, 0.3) is 6.08 Å². The van der Waals surface area contributed by atoms with Gasteiger partial charge in [-0.05, 0) is 36.8 Å². The van der Waals surface area contributed by atoms with Crippen LogP contribution in [0.4, 0.5) is 4.39 Å². The number of rotatable bonds is 4. The predicted octanol–water partition coefficient (Wildman–Crippen LogP) is 2.56. The van der Waals surface area contributed by atoms with Crippen molar-refractivity contribution in [1.82, 2.24) is 4.57 Å². The largest absolute Gasteiger partial charge is 0.497 e. The van der Waals surface area contributed by atoms with Crippen LogP contribution in [0.1, 0.15) is 24.1 Å². The zero-order chi connectivity index (χ0) is 22.1. The number of esters is 1. The van der Waals surface area contributed by atoms with E-state index in [9.17, 15) is 14.0 Å². The molecule has 2 aromatic carbocycles. The summed E-state index contributed by atoms with van der Waals surface area (Å²) in [6.45, 7) is 1.65. The molecule has 8 heteroatoms.